The van der Waals surface area contributed by atoms with Crippen LogP contribution in [0.15, 0.2) is 36.8 Å². The Kier molecular flexibility index (Phi) is 3.65. The number of aryl methyl sites for hydroxylation is 1. The topological polar surface area (TPSA) is 99.5 Å². The molecule has 0 atom stereocenters. The summed E-state index contributed by atoms with van der Waals surface area (Å²) in [6.07, 6.45) is 5.42. The molecule has 0 radical (unpaired) electrons. The zero-order valence-corrected chi connectivity index (χ0v) is 15.4. The number of imidazole rings is 1. The van der Waals surface area contributed by atoms with Crippen molar-refractivity contribution in [3.63, 3.8) is 0 Å². The third-order valence-electron chi connectivity index (χ3n) is 5.88. The molecule has 0 saturated carbocycles. The lowest BCUT2D eigenvalue weighted by Gasteiger charge is -2.40. The van der Waals surface area contributed by atoms with Crippen LogP contribution in [0, 0.1) is 6.92 Å². The summed E-state index contributed by atoms with van der Waals surface area (Å²) in [5, 5.41) is 1.07. The van der Waals surface area contributed by atoms with Crippen LogP contribution in [0.5, 0.6) is 0 Å². The Hall–Kier alpha value is -2.93. The van der Waals surface area contributed by atoms with Gasteiger partial charge >= 0.3 is 0 Å². The Labute approximate surface area is 157 Å². The number of nitrogens with one attached hydrogen (secondary N) is 2. The largest absolute Gasteiger partial charge is 0.356 e. The first-order valence-electron chi connectivity index (χ1n) is 9.38. The maximum Gasteiger partial charge on any atom is 0.142 e. The Morgan fingerprint density at radius 1 is 1.19 bits per heavy atom. The van der Waals surface area contributed by atoms with Crippen molar-refractivity contribution in [1.82, 2.24) is 24.9 Å². The van der Waals surface area contributed by atoms with Crippen molar-refractivity contribution in [1.29, 1.82) is 0 Å². The number of hydrogen-bond acceptors (Lipinski definition) is 5. The highest BCUT2D eigenvalue weighted by Crippen LogP contribution is 2.36. The number of hydrogen-bond donors (Lipinski definition) is 3. The number of aromatic nitrogens is 5. The summed E-state index contributed by atoms with van der Waals surface area (Å²) in [6.45, 7) is 4.46. The van der Waals surface area contributed by atoms with E-state index in [1.165, 1.54) is 5.56 Å². The highest BCUT2D eigenvalue weighted by atomic mass is 15.2. The molecule has 1 aliphatic heterocycles. The zero-order valence-electron chi connectivity index (χ0n) is 15.4. The highest BCUT2D eigenvalue weighted by Gasteiger charge is 2.38. The predicted molar refractivity (Wildman–Crippen MR) is 107 cm³/mol. The molecule has 0 aliphatic carbocycles. The van der Waals surface area contributed by atoms with Gasteiger partial charge in [-0.25, -0.2) is 15.0 Å². The van der Waals surface area contributed by atoms with Crippen molar-refractivity contribution in [2.75, 3.05) is 24.5 Å². The van der Waals surface area contributed by atoms with Crippen molar-refractivity contribution in [3.8, 4) is 0 Å². The molecule has 138 valence electrons. The lowest BCUT2D eigenvalue weighted by Crippen LogP contribution is -2.47. The number of H-pyrrole nitrogens is 2. The van der Waals surface area contributed by atoms with E-state index in [-0.39, 0.29) is 5.41 Å². The molecule has 0 spiro atoms. The van der Waals surface area contributed by atoms with Gasteiger partial charge in [0.1, 0.15) is 23.6 Å². The van der Waals surface area contributed by atoms with Crippen LogP contribution in [0.2, 0.25) is 0 Å². The normalized spacial score (nSPS) is 17.0. The van der Waals surface area contributed by atoms with Crippen LogP contribution < -0.4 is 10.6 Å². The smallest absolute Gasteiger partial charge is 0.142 e. The average molecular weight is 361 g/mol. The maximum absolute atomic E-state index is 6.27. The van der Waals surface area contributed by atoms with Gasteiger partial charge in [0.2, 0.25) is 0 Å². The number of rotatable bonds is 3. The van der Waals surface area contributed by atoms with Gasteiger partial charge < -0.3 is 20.6 Å². The van der Waals surface area contributed by atoms with E-state index in [0.29, 0.717) is 6.54 Å². The molecular weight excluding hydrogens is 338 g/mol. The first kappa shape index (κ1) is 16.3. The molecule has 7 heteroatoms. The summed E-state index contributed by atoms with van der Waals surface area (Å²) >= 11 is 0. The third-order valence-corrected chi connectivity index (χ3v) is 5.88. The minimum Gasteiger partial charge on any atom is -0.356 e. The molecule has 0 amide bonds. The second kappa shape index (κ2) is 6.06. The number of anilines is 1. The molecule has 1 saturated heterocycles. The van der Waals surface area contributed by atoms with Crippen LogP contribution in [-0.2, 0) is 5.41 Å². The summed E-state index contributed by atoms with van der Waals surface area (Å²) in [7, 11) is 0. The van der Waals surface area contributed by atoms with Gasteiger partial charge in [0.25, 0.3) is 0 Å². The summed E-state index contributed by atoms with van der Waals surface area (Å²) in [5.74, 6) is 2.01. The first-order valence-corrected chi connectivity index (χ1v) is 9.38. The van der Waals surface area contributed by atoms with Crippen LogP contribution in [0.25, 0.3) is 22.1 Å². The number of nitrogens with two attached hydrogens (primary N) is 1. The van der Waals surface area contributed by atoms with Gasteiger partial charge in [-0.05, 0) is 43.5 Å². The van der Waals surface area contributed by atoms with E-state index < -0.39 is 0 Å². The molecule has 5 rings (SSSR count). The fraction of sp³-hybridized carbons (Fsp3) is 0.350. The molecule has 1 aliphatic rings. The lowest BCUT2D eigenvalue weighted by molar-refractivity contribution is 0.324. The Morgan fingerprint density at radius 3 is 2.85 bits per heavy atom. The van der Waals surface area contributed by atoms with Crippen molar-refractivity contribution >= 4 is 27.9 Å². The highest BCUT2D eigenvalue weighted by molar-refractivity contribution is 5.87. The van der Waals surface area contributed by atoms with Crippen LogP contribution in [0.1, 0.15) is 24.2 Å². The zero-order chi connectivity index (χ0) is 18.4. The molecule has 27 heavy (non-hydrogen) atoms. The molecule has 0 bridgehead atoms. The molecule has 4 N–H and O–H groups in total. The molecule has 1 aromatic carbocycles. The quantitative estimate of drug-likeness (QED) is 0.521. The molecule has 1 fully saturated rings. The van der Waals surface area contributed by atoms with E-state index >= 15 is 0 Å². The minimum absolute atomic E-state index is 0.117. The van der Waals surface area contributed by atoms with Crippen LogP contribution >= 0.6 is 0 Å². The fourth-order valence-corrected chi connectivity index (χ4v) is 4.16. The summed E-state index contributed by atoms with van der Waals surface area (Å²) < 4.78 is 0. The number of aromatic amines is 2. The van der Waals surface area contributed by atoms with Gasteiger partial charge in [-0.1, -0.05) is 6.07 Å². The van der Waals surface area contributed by atoms with Crippen molar-refractivity contribution < 1.29 is 0 Å². The van der Waals surface area contributed by atoms with Crippen molar-refractivity contribution in [2.24, 2.45) is 5.73 Å². The van der Waals surface area contributed by atoms with Gasteiger partial charge in [0.15, 0.2) is 0 Å². The van der Waals surface area contributed by atoms with E-state index in [0.717, 1.165) is 59.6 Å². The third kappa shape index (κ3) is 2.57. The predicted octanol–water partition coefficient (Wildman–Crippen LogP) is 2.64. The molecule has 4 aromatic rings. The van der Waals surface area contributed by atoms with Crippen LogP contribution in [0.4, 0.5) is 5.82 Å². The van der Waals surface area contributed by atoms with Gasteiger partial charge in [-0.3, -0.25) is 0 Å². The standard InChI is InChI=1S/C20H23N7/c1-13-2-3-15-16(10-13)26-19(25-15)20(11-21)5-8-27(9-6-20)18-14-4-7-22-17(14)23-12-24-18/h2-4,7,10,12H,5-6,8-9,11,21H2,1H3,(H,25,26)(H,22,23,24). The summed E-state index contributed by atoms with van der Waals surface area (Å²) in [5.41, 5.74) is 10.3. The summed E-state index contributed by atoms with van der Waals surface area (Å²) in [6, 6.07) is 8.37. The first-order chi connectivity index (χ1) is 13.2. The van der Waals surface area contributed by atoms with E-state index in [1.54, 1.807) is 6.33 Å². The molecule has 4 heterocycles. The summed E-state index contributed by atoms with van der Waals surface area (Å²) in [4.78, 5) is 22.7. The average Bonchev–Trinajstić information content (AvgIpc) is 3.34. The van der Waals surface area contributed by atoms with Gasteiger partial charge in [0.05, 0.1) is 16.4 Å². The van der Waals surface area contributed by atoms with E-state index in [2.05, 4.69) is 50.0 Å². The Balaban J connectivity index is 1.45. The molecule has 0 unspecified atom stereocenters. The molecule has 7 nitrogen and oxygen atoms in total. The number of piperidine rings is 1. The van der Waals surface area contributed by atoms with E-state index in [9.17, 15) is 0 Å². The maximum atomic E-state index is 6.27. The number of fused-ring (bicyclic) bond motifs is 2. The number of benzene rings is 1. The van der Waals surface area contributed by atoms with Crippen LogP contribution in [0.3, 0.4) is 0 Å². The van der Waals surface area contributed by atoms with Crippen LogP contribution in [-0.4, -0.2) is 44.6 Å². The fourth-order valence-electron chi connectivity index (χ4n) is 4.16. The number of nitrogens with zero attached hydrogens (tertiary/aromatic N) is 4. The Bertz CT molecular complexity index is 1100. The second-order valence-corrected chi connectivity index (χ2v) is 7.51. The van der Waals surface area contributed by atoms with Gasteiger partial charge in [-0.15, -0.1) is 0 Å². The lowest BCUT2D eigenvalue weighted by atomic mass is 9.77. The Morgan fingerprint density at radius 2 is 2.04 bits per heavy atom. The van der Waals surface area contributed by atoms with E-state index in [4.69, 9.17) is 10.7 Å². The van der Waals surface area contributed by atoms with E-state index in [1.807, 2.05) is 12.3 Å². The molecular formula is C20H23N7. The van der Waals surface area contributed by atoms with Gasteiger partial charge in [0, 0.05) is 31.2 Å². The van der Waals surface area contributed by atoms with Crippen molar-refractivity contribution in [3.05, 3.63) is 48.2 Å². The van der Waals surface area contributed by atoms with Crippen molar-refractivity contribution in [2.45, 2.75) is 25.2 Å². The minimum atomic E-state index is -0.117. The van der Waals surface area contributed by atoms with Gasteiger partial charge in [-0.2, -0.15) is 0 Å². The SMILES string of the molecule is Cc1ccc2[nH]c(C3(CN)CCN(c4ncnc5[nH]ccc45)CC3)nc2c1. The monoisotopic (exact) mass is 361 g/mol. The second-order valence-electron chi connectivity index (χ2n) is 7.51. The molecule has 3 aromatic heterocycles.